The van der Waals surface area contributed by atoms with Gasteiger partial charge in [-0.15, -0.1) is 6.58 Å². The molecule has 1 unspecified atom stereocenters. The number of hydrogen-bond acceptors (Lipinski definition) is 8. The highest BCUT2D eigenvalue weighted by Crippen LogP contribution is 1.92. The third-order valence-electron chi connectivity index (χ3n) is 2.27. The van der Waals surface area contributed by atoms with E-state index < -0.39 is 0 Å². The van der Waals surface area contributed by atoms with Crippen molar-refractivity contribution in [2.75, 3.05) is 39.8 Å². The van der Waals surface area contributed by atoms with Crippen LogP contribution in [0.25, 0.3) is 0 Å². The van der Waals surface area contributed by atoms with Gasteiger partial charge < -0.3 is 10.1 Å². The lowest BCUT2D eigenvalue weighted by molar-refractivity contribution is -0.297. The monoisotopic (exact) mass is 320 g/mol. The van der Waals surface area contributed by atoms with Gasteiger partial charge in [0.2, 0.25) is 0 Å². The van der Waals surface area contributed by atoms with Crippen molar-refractivity contribution in [3.8, 4) is 0 Å². The molecule has 0 aromatic carbocycles. The van der Waals surface area contributed by atoms with E-state index >= 15 is 0 Å². The molecule has 0 saturated carbocycles. The van der Waals surface area contributed by atoms with Gasteiger partial charge in [-0.2, -0.15) is 5.48 Å². The topological polar surface area (TPSA) is 91.3 Å². The van der Waals surface area contributed by atoms with E-state index in [2.05, 4.69) is 12.1 Å². The molecule has 8 nitrogen and oxygen atoms in total. The summed E-state index contributed by atoms with van der Waals surface area (Å²) < 4.78 is 5.24. The van der Waals surface area contributed by atoms with E-state index in [1.165, 1.54) is 0 Å². The lowest BCUT2D eigenvalue weighted by Gasteiger charge is -2.14. The van der Waals surface area contributed by atoms with Crippen LogP contribution in [-0.2, 0) is 29.1 Å². The van der Waals surface area contributed by atoms with Gasteiger partial charge in [0.15, 0.2) is 6.79 Å². The van der Waals surface area contributed by atoms with Crippen LogP contribution < -0.4 is 5.48 Å². The molecule has 0 fully saturated rings. The van der Waals surface area contributed by atoms with Crippen molar-refractivity contribution in [1.82, 2.24) is 5.48 Å². The Morgan fingerprint density at radius 2 is 1.95 bits per heavy atom. The summed E-state index contributed by atoms with van der Waals surface area (Å²) in [7, 11) is 0. The van der Waals surface area contributed by atoms with Crippen LogP contribution in [0.2, 0.25) is 0 Å². The molecule has 0 radical (unpaired) electrons. The Labute approximate surface area is 132 Å². The molecule has 0 aliphatic carbocycles. The molecule has 0 amide bonds. The molecule has 0 aromatic heterocycles. The molecule has 0 heterocycles. The van der Waals surface area contributed by atoms with Crippen LogP contribution in [0.5, 0.6) is 0 Å². The molecular formula is C14H28N2O6. The lowest BCUT2D eigenvalue weighted by atomic mass is 10.3. The van der Waals surface area contributed by atoms with Gasteiger partial charge in [0.1, 0.15) is 6.61 Å². The van der Waals surface area contributed by atoms with Gasteiger partial charge in [0.05, 0.1) is 32.5 Å². The van der Waals surface area contributed by atoms with E-state index in [1.807, 2.05) is 6.92 Å². The minimum Gasteiger partial charge on any atom is -0.353 e. The van der Waals surface area contributed by atoms with Gasteiger partial charge in [0, 0.05) is 12.1 Å². The predicted octanol–water partition coefficient (Wildman–Crippen LogP) is 1.77. The predicted molar refractivity (Wildman–Crippen MR) is 81.1 cm³/mol. The summed E-state index contributed by atoms with van der Waals surface area (Å²) in [6.07, 6.45) is 2.92. The minimum atomic E-state index is -0.177. The van der Waals surface area contributed by atoms with Crippen molar-refractivity contribution in [2.24, 2.45) is 0 Å². The standard InChI is InChI=1S/C14H28N2O6/c1-4-14(11-22-19-5-2)16-18-12-17-8-6-9-20-21-10-7-13(3)15/h4,14-16H,1,5-12H2,2-3H3. The first-order chi connectivity index (χ1) is 10.7. The minimum absolute atomic E-state index is 0.104. The summed E-state index contributed by atoms with van der Waals surface area (Å²) in [4.78, 5) is 24.6. The molecule has 1 atom stereocenters. The first kappa shape index (κ1) is 21.1. The molecule has 2 N–H and O–H groups in total. The van der Waals surface area contributed by atoms with Crippen LogP contribution in [0.15, 0.2) is 12.7 Å². The summed E-state index contributed by atoms with van der Waals surface area (Å²) >= 11 is 0. The maximum atomic E-state index is 7.20. The normalized spacial score (nSPS) is 12.3. The molecule has 0 rings (SSSR count). The lowest BCUT2D eigenvalue weighted by Crippen LogP contribution is -2.32. The highest BCUT2D eigenvalue weighted by atomic mass is 17.2. The van der Waals surface area contributed by atoms with Gasteiger partial charge in [-0.3, -0.25) is 4.84 Å². The van der Waals surface area contributed by atoms with E-state index in [9.17, 15) is 0 Å². The number of hydrogen-bond donors (Lipinski definition) is 2. The van der Waals surface area contributed by atoms with Gasteiger partial charge in [-0.25, -0.2) is 19.6 Å². The van der Waals surface area contributed by atoms with Crippen molar-refractivity contribution < 1.29 is 29.1 Å². The second-order valence-electron chi connectivity index (χ2n) is 4.35. The summed E-state index contributed by atoms with van der Waals surface area (Å²) in [5.41, 5.74) is 3.30. The molecule has 22 heavy (non-hydrogen) atoms. The zero-order valence-corrected chi connectivity index (χ0v) is 13.5. The maximum absolute atomic E-state index is 7.20. The fraction of sp³-hybridized carbons (Fsp3) is 0.786. The van der Waals surface area contributed by atoms with Gasteiger partial charge >= 0.3 is 0 Å². The highest BCUT2D eigenvalue weighted by molar-refractivity contribution is 5.78. The molecule has 0 bridgehead atoms. The van der Waals surface area contributed by atoms with Crippen LogP contribution in [0.1, 0.15) is 26.7 Å². The Kier molecular flexibility index (Phi) is 15.8. The third kappa shape index (κ3) is 15.5. The second kappa shape index (κ2) is 16.5. The molecule has 0 spiro atoms. The molecule has 0 aliphatic rings. The quantitative estimate of drug-likeness (QED) is 0.105. The number of hydroxylamine groups is 1. The zero-order valence-electron chi connectivity index (χ0n) is 13.5. The third-order valence-corrected chi connectivity index (χ3v) is 2.27. The van der Waals surface area contributed by atoms with Crippen LogP contribution in [0.3, 0.4) is 0 Å². The molecule has 8 heteroatoms. The molecule has 0 saturated heterocycles. The summed E-state index contributed by atoms with van der Waals surface area (Å²) in [5, 5.41) is 7.20. The fourth-order valence-corrected chi connectivity index (χ4v) is 1.13. The SMILES string of the molecule is C=CC(COOCC)NOCOCCCOOCCC(C)=N. The van der Waals surface area contributed by atoms with Crippen LogP contribution in [-0.4, -0.2) is 51.6 Å². The molecule has 130 valence electrons. The van der Waals surface area contributed by atoms with Crippen molar-refractivity contribution in [2.45, 2.75) is 32.7 Å². The largest absolute Gasteiger partial charge is 0.353 e. The van der Waals surface area contributed by atoms with Crippen molar-refractivity contribution in [1.29, 1.82) is 5.41 Å². The second-order valence-corrected chi connectivity index (χ2v) is 4.35. The highest BCUT2D eigenvalue weighted by Gasteiger charge is 2.04. The smallest absolute Gasteiger partial charge is 0.166 e. The number of ether oxygens (including phenoxy) is 1. The van der Waals surface area contributed by atoms with Crippen molar-refractivity contribution in [3.05, 3.63) is 12.7 Å². The van der Waals surface area contributed by atoms with Gasteiger partial charge in [0.25, 0.3) is 0 Å². The number of nitrogens with one attached hydrogen (secondary N) is 2. The Balaban J connectivity index is 3.24. The Bertz CT molecular complexity index is 278. The van der Waals surface area contributed by atoms with Crippen molar-refractivity contribution in [3.63, 3.8) is 0 Å². The van der Waals surface area contributed by atoms with E-state index in [-0.39, 0.29) is 12.8 Å². The van der Waals surface area contributed by atoms with E-state index in [0.717, 1.165) is 0 Å². The maximum Gasteiger partial charge on any atom is 0.166 e. The Morgan fingerprint density at radius 3 is 2.64 bits per heavy atom. The number of rotatable bonds is 17. The van der Waals surface area contributed by atoms with E-state index in [0.29, 0.717) is 51.6 Å². The van der Waals surface area contributed by atoms with E-state index in [1.54, 1.807) is 13.0 Å². The average molecular weight is 320 g/mol. The molecule has 0 aliphatic heterocycles. The van der Waals surface area contributed by atoms with Crippen LogP contribution in [0.4, 0.5) is 0 Å². The summed E-state index contributed by atoms with van der Waals surface area (Å²) in [6.45, 7) is 9.43. The first-order valence-electron chi connectivity index (χ1n) is 7.31. The Hall–Kier alpha value is -0.870. The average Bonchev–Trinajstić information content (AvgIpc) is 2.50. The molecule has 0 aromatic rings. The van der Waals surface area contributed by atoms with Gasteiger partial charge in [-0.1, -0.05) is 6.08 Å². The summed E-state index contributed by atoms with van der Waals surface area (Å²) in [5.74, 6) is 0. The zero-order chi connectivity index (χ0) is 16.5. The van der Waals surface area contributed by atoms with Gasteiger partial charge in [-0.05, 0) is 20.3 Å². The van der Waals surface area contributed by atoms with E-state index in [4.69, 9.17) is 34.5 Å². The van der Waals surface area contributed by atoms with Crippen molar-refractivity contribution >= 4 is 5.71 Å². The Morgan fingerprint density at radius 1 is 1.18 bits per heavy atom. The fourth-order valence-electron chi connectivity index (χ4n) is 1.13. The van der Waals surface area contributed by atoms with Crippen LogP contribution in [0, 0.1) is 5.41 Å². The van der Waals surface area contributed by atoms with Crippen LogP contribution >= 0.6 is 0 Å². The summed E-state index contributed by atoms with van der Waals surface area (Å²) in [6, 6.07) is -0.177. The first-order valence-corrected chi connectivity index (χ1v) is 7.31. The molecular weight excluding hydrogens is 292 g/mol.